The van der Waals surface area contributed by atoms with Crippen LogP contribution in [0.5, 0.6) is 0 Å². The lowest BCUT2D eigenvalue weighted by Gasteiger charge is -2.15. The lowest BCUT2D eigenvalue weighted by atomic mass is 9.95. The minimum absolute atomic E-state index is 0.239. The second-order valence-corrected chi connectivity index (χ2v) is 8.15. The average Bonchev–Trinajstić information content (AvgIpc) is 3.40. The molecule has 2 aliphatic rings. The van der Waals surface area contributed by atoms with Crippen LogP contribution in [-0.2, 0) is 0 Å². The summed E-state index contributed by atoms with van der Waals surface area (Å²) in [6.07, 6.45) is 3.30. The number of benzene rings is 2. The highest BCUT2D eigenvalue weighted by Crippen LogP contribution is 2.54. The van der Waals surface area contributed by atoms with Gasteiger partial charge in [0, 0.05) is 16.5 Å². The average molecular weight is 413 g/mol. The van der Waals surface area contributed by atoms with E-state index in [9.17, 15) is 4.79 Å². The molecule has 2 aliphatic carbocycles. The molecule has 0 unspecified atom stereocenters. The van der Waals surface area contributed by atoms with Crippen LogP contribution in [0.25, 0.3) is 5.69 Å². The summed E-state index contributed by atoms with van der Waals surface area (Å²) in [6.45, 7) is 0. The Labute approximate surface area is 172 Å². The number of aromatic nitrogens is 2. The smallest absolute Gasteiger partial charge is 0.290 e. The maximum atomic E-state index is 12.9. The number of halogens is 2. The van der Waals surface area contributed by atoms with Crippen molar-refractivity contribution < 1.29 is 4.79 Å². The van der Waals surface area contributed by atoms with Crippen LogP contribution >= 0.6 is 23.2 Å². The molecule has 1 fully saturated rings. The summed E-state index contributed by atoms with van der Waals surface area (Å²) in [5, 5.41) is 5.78. The van der Waals surface area contributed by atoms with Gasteiger partial charge in [0.2, 0.25) is 0 Å². The fourth-order valence-corrected chi connectivity index (χ4v) is 4.93. The maximum absolute atomic E-state index is 12.9. The molecule has 2 aromatic carbocycles. The van der Waals surface area contributed by atoms with Gasteiger partial charge in [-0.05, 0) is 55.5 Å². The van der Waals surface area contributed by atoms with Gasteiger partial charge >= 0.3 is 0 Å². The van der Waals surface area contributed by atoms with E-state index >= 15 is 0 Å². The third-order valence-electron chi connectivity index (χ3n) is 5.63. The number of hydrogen-bond donors (Lipinski definition) is 2. The van der Waals surface area contributed by atoms with E-state index in [0.29, 0.717) is 27.6 Å². The zero-order valence-corrected chi connectivity index (χ0v) is 16.5. The highest BCUT2D eigenvalue weighted by molar-refractivity contribution is 6.35. The lowest BCUT2D eigenvalue weighted by Crippen LogP contribution is -2.30. The number of carbonyl (C=O) groups is 1. The second-order valence-electron chi connectivity index (χ2n) is 7.31. The van der Waals surface area contributed by atoms with Gasteiger partial charge in [-0.25, -0.2) is 4.68 Å². The Balaban J connectivity index is 1.52. The van der Waals surface area contributed by atoms with Crippen molar-refractivity contribution in [2.24, 2.45) is 0 Å². The second kappa shape index (κ2) is 6.83. The number of anilines is 1. The van der Waals surface area contributed by atoms with E-state index in [1.165, 1.54) is 0 Å². The molecule has 0 aliphatic heterocycles. The molecule has 1 heterocycles. The molecule has 142 valence electrons. The summed E-state index contributed by atoms with van der Waals surface area (Å²) in [4.78, 5) is 12.9. The molecule has 0 spiro atoms. The van der Waals surface area contributed by atoms with Crippen LogP contribution in [0.1, 0.15) is 52.8 Å². The van der Waals surface area contributed by atoms with Gasteiger partial charge in [0.15, 0.2) is 5.69 Å². The fraction of sp³-hybridized carbons (Fsp3) is 0.238. The van der Waals surface area contributed by atoms with Gasteiger partial charge in [-0.3, -0.25) is 15.6 Å². The molecular formula is C21H18Cl2N4O. The predicted octanol–water partition coefficient (Wildman–Crippen LogP) is 5.30. The van der Waals surface area contributed by atoms with Gasteiger partial charge in [-0.2, -0.15) is 5.10 Å². The van der Waals surface area contributed by atoms with E-state index in [-0.39, 0.29) is 5.91 Å². The number of nitrogens with one attached hydrogen (secondary N) is 2. The summed E-state index contributed by atoms with van der Waals surface area (Å²) in [7, 11) is 0. The predicted molar refractivity (Wildman–Crippen MR) is 110 cm³/mol. The molecule has 2 N–H and O–H groups in total. The van der Waals surface area contributed by atoms with Crippen LogP contribution in [0.4, 0.5) is 5.69 Å². The van der Waals surface area contributed by atoms with E-state index < -0.39 is 0 Å². The number of nitrogens with zero attached hydrogens (tertiary/aromatic N) is 2. The minimum atomic E-state index is -0.239. The lowest BCUT2D eigenvalue weighted by molar-refractivity contribution is 0.0956. The Morgan fingerprint density at radius 1 is 1.07 bits per heavy atom. The van der Waals surface area contributed by atoms with Crippen molar-refractivity contribution in [3.05, 3.63) is 75.5 Å². The quantitative estimate of drug-likeness (QED) is 0.571. The first kappa shape index (κ1) is 17.6. The van der Waals surface area contributed by atoms with Crippen molar-refractivity contribution in [2.45, 2.75) is 31.1 Å². The van der Waals surface area contributed by atoms with E-state index in [4.69, 9.17) is 23.2 Å². The first-order chi connectivity index (χ1) is 13.6. The number of para-hydroxylation sites is 1. The van der Waals surface area contributed by atoms with Crippen LogP contribution in [-0.4, -0.2) is 15.7 Å². The molecule has 0 radical (unpaired) electrons. The number of amides is 1. The van der Waals surface area contributed by atoms with Gasteiger partial charge in [0.1, 0.15) is 0 Å². The molecule has 2 bridgehead atoms. The number of hydrazine groups is 1. The molecule has 1 aromatic heterocycles. The minimum Gasteiger partial charge on any atom is -0.298 e. The maximum Gasteiger partial charge on any atom is 0.290 e. The molecule has 28 heavy (non-hydrogen) atoms. The monoisotopic (exact) mass is 412 g/mol. The zero-order valence-electron chi connectivity index (χ0n) is 15.0. The van der Waals surface area contributed by atoms with Crippen LogP contribution < -0.4 is 10.9 Å². The van der Waals surface area contributed by atoms with Crippen molar-refractivity contribution in [3.63, 3.8) is 0 Å². The Kier molecular flexibility index (Phi) is 4.29. The van der Waals surface area contributed by atoms with E-state index in [1.807, 2.05) is 41.1 Å². The number of hydrogen-bond acceptors (Lipinski definition) is 3. The van der Waals surface area contributed by atoms with Crippen molar-refractivity contribution >= 4 is 34.8 Å². The van der Waals surface area contributed by atoms with Gasteiger partial charge in [-0.1, -0.05) is 41.4 Å². The highest BCUT2D eigenvalue weighted by atomic mass is 35.5. The SMILES string of the molecule is O=C(NNc1ccccc1)c1nn(-c2ccc(Cl)cc2Cl)c2c1[C@H]1CC[C@H]2C1. The van der Waals surface area contributed by atoms with E-state index in [2.05, 4.69) is 16.0 Å². The highest BCUT2D eigenvalue weighted by Gasteiger charge is 2.44. The standard InChI is InChI=1S/C21H18Cl2N4O/c22-14-8-9-17(16(23)11-14)27-20-13-7-6-12(10-13)18(20)19(26-27)21(28)25-24-15-4-2-1-3-5-15/h1-5,8-9,11-13,24H,6-7,10H2,(H,25,28)/t12-,13-/m0/s1. The van der Waals surface area contributed by atoms with Gasteiger partial charge in [0.05, 0.1) is 22.1 Å². The molecule has 3 aromatic rings. The van der Waals surface area contributed by atoms with Crippen molar-refractivity contribution in [1.29, 1.82) is 0 Å². The Bertz CT molecular complexity index is 1060. The molecule has 0 saturated heterocycles. The number of carbonyl (C=O) groups excluding carboxylic acids is 1. The third kappa shape index (κ3) is 2.86. The molecule has 5 rings (SSSR count). The van der Waals surface area contributed by atoms with Gasteiger partial charge in [-0.15, -0.1) is 0 Å². The Hall–Kier alpha value is -2.50. The van der Waals surface area contributed by atoms with Crippen LogP contribution in [0.15, 0.2) is 48.5 Å². The number of rotatable bonds is 4. The largest absolute Gasteiger partial charge is 0.298 e. The van der Waals surface area contributed by atoms with Crippen LogP contribution in [0.2, 0.25) is 10.0 Å². The van der Waals surface area contributed by atoms with Crippen molar-refractivity contribution in [1.82, 2.24) is 15.2 Å². The Morgan fingerprint density at radius 2 is 1.86 bits per heavy atom. The molecule has 7 heteroatoms. The zero-order chi connectivity index (χ0) is 19.3. The fourth-order valence-electron chi connectivity index (χ4n) is 4.44. The topological polar surface area (TPSA) is 59.0 Å². The molecular weight excluding hydrogens is 395 g/mol. The van der Waals surface area contributed by atoms with Crippen LogP contribution in [0.3, 0.4) is 0 Å². The first-order valence-electron chi connectivity index (χ1n) is 9.31. The summed E-state index contributed by atoms with van der Waals surface area (Å²) in [5.41, 5.74) is 9.95. The summed E-state index contributed by atoms with van der Waals surface area (Å²) in [5.74, 6) is 0.566. The molecule has 1 saturated carbocycles. The Morgan fingerprint density at radius 3 is 2.64 bits per heavy atom. The van der Waals surface area contributed by atoms with Crippen LogP contribution in [0, 0.1) is 0 Å². The third-order valence-corrected chi connectivity index (χ3v) is 6.17. The molecule has 1 amide bonds. The van der Waals surface area contributed by atoms with E-state index in [1.54, 1.807) is 12.1 Å². The normalized spacial score (nSPS) is 19.5. The molecule has 2 atom stereocenters. The number of fused-ring (bicyclic) bond motifs is 5. The first-order valence-corrected chi connectivity index (χ1v) is 10.1. The van der Waals surface area contributed by atoms with E-state index in [0.717, 1.165) is 41.9 Å². The van der Waals surface area contributed by atoms with Gasteiger partial charge < -0.3 is 0 Å². The molecule has 5 nitrogen and oxygen atoms in total. The summed E-state index contributed by atoms with van der Waals surface area (Å²) < 4.78 is 1.84. The summed E-state index contributed by atoms with van der Waals surface area (Å²) in [6, 6.07) is 14.9. The van der Waals surface area contributed by atoms with Crippen molar-refractivity contribution in [3.8, 4) is 5.69 Å². The van der Waals surface area contributed by atoms with Crippen molar-refractivity contribution in [2.75, 3.05) is 5.43 Å². The van der Waals surface area contributed by atoms with Gasteiger partial charge in [0.25, 0.3) is 5.91 Å². The summed E-state index contributed by atoms with van der Waals surface area (Å²) >= 11 is 12.5.